The first kappa shape index (κ1) is 23.0. The fourth-order valence-electron chi connectivity index (χ4n) is 5.40. The van der Waals surface area contributed by atoms with Crippen molar-refractivity contribution in [2.24, 2.45) is 17.8 Å². The average molecular weight is 473 g/mol. The summed E-state index contributed by atoms with van der Waals surface area (Å²) in [6.07, 6.45) is 5.18. The number of esters is 1. The van der Waals surface area contributed by atoms with E-state index in [9.17, 15) is 19.2 Å². The first-order valence-corrected chi connectivity index (χ1v) is 12.0. The second kappa shape index (κ2) is 8.80. The number of carbonyl (C=O) groups is 4. The van der Waals surface area contributed by atoms with E-state index in [0.29, 0.717) is 29.8 Å². The molecule has 0 bridgehead atoms. The maximum absolute atomic E-state index is 12.9. The molecule has 0 N–H and O–H groups in total. The zero-order valence-corrected chi connectivity index (χ0v) is 20.1. The van der Waals surface area contributed by atoms with Crippen molar-refractivity contribution >= 4 is 35.1 Å². The molecule has 2 aromatic carbocycles. The lowest BCUT2D eigenvalue weighted by Crippen LogP contribution is -2.31. The summed E-state index contributed by atoms with van der Waals surface area (Å²) in [7, 11) is 0. The predicted molar refractivity (Wildman–Crippen MR) is 131 cm³/mol. The highest BCUT2D eigenvalue weighted by molar-refractivity contribution is 6.22. The molecule has 2 saturated heterocycles. The van der Waals surface area contributed by atoms with E-state index in [1.807, 2.05) is 44.2 Å². The number of hydrogen-bond acceptors (Lipinski definition) is 5. The van der Waals surface area contributed by atoms with Gasteiger partial charge >= 0.3 is 5.97 Å². The van der Waals surface area contributed by atoms with Gasteiger partial charge < -0.3 is 9.64 Å². The van der Waals surface area contributed by atoms with Crippen LogP contribution in [0.1, 0.15) is 36.0 Å². The average Bonchev–Trinajstić information content (AvgIpc) is 3.32. The van der Waals surface area contributed by atoms with Gasteiger partial charge in [0.15, 0.2) is 0 Å². The van der Waals surface area contributed by atoms with Crippen molar-refractivity contribution in [2.75, 3.05) is 16.3 Å². The van der Waals surface area contributed by atoms with E-state index in [1.54, 1.807) is 30.0 Å². The number of rotatable bonds is 4. The molecule has 0 aromatic heterocycles. The van der Waals surface area contributed by atoms with Gasteiger partial charge in [0.2, 0.25) is 17.7 Å². The summed E-state index contributed by atoms with van der Waals surface area (Å²) < 4.78 is 5.61. The van der Waals surface area contributed by atoms with Crippen molar-refractivity contribution < 1.29 is 23.9 Å². The van der Waals surface area contributed by atoms with Crippen molar-refractivity contribution in [1.82, 2.24) is 0 Å². The van der Waals surface area contributed by atoms with Crippen LogP contribution in [0.5, 0.6) is 5.75 Å². The molecule has 0 saturated carbocycles. The number of imide groups is 1. The molecular formula is C28H28N2O5. The Labute approximate surface area is 204 Å². The maximum Gasteiger partial charge on any atom is 0.316 e. The fourth-order valence-corrected chi connectivity index (χ4v) is 5.40. The van der Waals surface area contributed by atoms with E-state index in [1.165, 1.54) is 4.90 Å². The van der Waals surface area contributed by atoms with Gasteiger partial charge in [0.1, 0.15) is 5.75 Å². The van der Waals surface area contributed by atoms with E-state index in [-0.39, 0.29) is 42.5 Å². The Bertz CT molecular complexity index is 1230. The van der Waals surface area contributed by atoms with Gasteiger partial charge in [-0.1, -0.05) is 18.2 Å². The number of anilines is 2. The van der Waals surface area contributed by atoms with Gasteiger partial charge in [0.25, 0.3) is 0 Å². The normalized spacial score (nSPS) is 23.7. The zero-order chi connectivity index (χ0) is 24.9. The molecule has 0 unspecified atom stereocenters. The van der Waals surface area contributed by atoms with Gasteiger partial charge in [-0.2, -0.15) is 0 Å². The molecule has 180 valence electrons. The summed E-state index contributed by atoms with van der Waals surface area (Å²) in [4.78, 5) is 54.2. The van der Waals surface area contributed by atoms with Crippen molar-refractivity contribution in [3.8, 4) is 5.75 Å². The van der Waals surface area contributed by atoms with Gasteiger partial charge in [0, 0.05) is 18.7 Å². The number of hydrogen-bond donors (Lipinski definition) is 0. The molecule has 7 nitrogen and oxygen atoms in total. The van der Waals surface area contributed by atoms with Crippen LogP contribution in [0, 0.1) is 38.5 Å². The molecule has 3 amide bonds. The Morgan fingerprint density at radius 1 is 0.886 bits per heavy atom. The second-order valence-corrected chi connectivity index (χ2v) is 9.79. The van der Waals surface area contributed by atoms with Crippen molar-refractivity contribution in [3.63, 3.8) is 0 Å². The predicted octanol–water partition coefficient (Wildman–Crippen LogP) is 4.03. The number of amides is 3. The van der Waals surface area contributed by atoms with E-state index < -0.39 is 11.9 Å². The van der Waals surface area contributed by atoms with Gasteiger partial charge in [-0.25, -0.2) is 4.90 Å². The minimum absolute atomic E-state index is 0.0937. The van der Waals surface area contributed by atoms with Crippen LogP contribution in [-0.4, -0.2) is 30.2 Å². The first-order valence-electron chi connectivity index (χ1n) is 12.0. The Balaban J connectivity index is 1.29. The lowest BCUT2D eigenvalue weighted by Gasteiger charge is -2.19. The number of aryl methyl sites for hydroxylation is 3. The zero-order valence-electron chi connectivity index (χ0n) is 20.1. The number of benzene rings is 2. The van der Waals surface area contributed by atoms with Crippen molar-refractivity contribution in [3.05, 3.63) is 65.2 Å². The Morgan fingerprint density at radius 2 is 1.51 bits per heavy atom. The number of ether oxygens (including phenoxy) is 1. The number of nitrogens with zero attached hydrogens (tertiary/aromatic N) is 2. The molecule has 2 heterocycles. The largest absolute Gasteiger partial charge is 0.426 e. The van der Waals surface area contributed by atoms with Gasteiger partial charge in [-0.15, -0.1) is 0 Å². The standard InChI is InChI=1S/C28H28N2O5/c1-16-10-17(2)12-20(11-16)29-15-19(14-25(29)31)28(34)35-21-8-9-24(18(3)13-21)30-26(32)22-6-4-5-7-23(22)27(30)33/h4-5,8-13,19,22-23H,6-7,14-15H2,1-3H3/t19-,22-,23+/m0/s1. The summed E-state index contributed by atoms with van der Waals surface area (Å²) in [5, 5.41) is 0. The highest BCUT2D eigenvalue weighted by Crippen LogP contribution is 2.39. The molecule has 5 rings (SSSR count). The van der Waals surface area contributed by atoms with Gasteiger partial charge in [-0.3, -0.25) is 19.2 Å². The number of allylic oxidation sites excluding steroid dienone is 2. The van der Waals surface area contributed by atoms with Crippen LogP contribution in [0.2, 0.25) is 0 Å². The third kappa shape index (κ3) is 4.16. The molecule has 1 aliphatic carbocycles. The molecular weight excluding hydrogens is 444 g/mol. The summed E-state index contributed by atoms with van der Waals surface area (Å²) in [5.41, 5.74) is 4.09. The lowest BCUT2D eigenvalue weighted by molar-refractivity contribution is -0.139. The quantitative estimate of drug-likeness (QED) is 0.290. The monoisotopic (exact) mass is 472 g/mol. The van der Waals surface area contributed by atoms with Crippen LogP contribution >= 0.6 is 0 Å². The molecule has 2 fully saturated rings. The van der Waals surface area contributed by atoms with Crippen LogP contribution in [0.3, 0.4) is 0 Å². The molecule has 0 spiro atoms. The molecule has 0 radical (unpaired) electrons. The highest BCUT2D eigenvalue weighted by Gasteiger charge is 2.48. The number of carbonyl (C=O) groups excluding carboxylic acids is 4. The van der Waals surface area contributed by atoms with Gasteiger partial charge in [0.05, 0.1) is 23.4 Å². The van der Waals surface area contributed by atoms with Crippen molar-refractivity contribution in [1.29, 1.82) is 0 Å². The summed E-state index contributed by atoms with van der Waals surface area (Å²) in [5.74, 6) is -1.77. The summed E-state index contributed by atoms with van der Waals surface area (Å²) >= 11 is 0. The molecule has 7 heteroatoms. The second-order valence-electron chi connectivity index (χ2n) is 9.79. The highest BCUT2D eigenvalue weighted by atomic mass is 16.5. The smallest absolute Gasteiger partial charge is 0.316 e. The Hall–Kier alpha value is -3.74. The molecule has 3 atom stereocenters. The van der Waals surface area contributed by atoms with E-state index in [4.69, 9.17) is 4.74 Å². The lowest BCUT2D eigenvalue weighted by atomic mass is 9.85. The van der Waals surface area contributed by atoms with Crippen LogP contribution in [0.15, 0.2) is 48.6 Å². The third-order valence-electron chi connectivity index (χ3n) is 7.11. The van der Waals surface area contributed by atoms with Gasteiger partial charge in [-0.05, 0) is 80.6 Å². The topological polar surface area (TPSA) is 84.0 Å². The SMILES string of the molecule is Cc1cc(C)cc(N2C[C@@H](C(=O)Oc3ccc(N4C(=O)[C@H]5CC=CC[C@H]5C4=O)c(C)c3)CC2=O)c1. The molecule has 35 heavy (non-hydrogen) atoms. The van der Waals surface area contributed by atoms with Crippen LogP contribution in [0.4, 0.5) is 11.4 Å². The molecule has 2 aliphatic heterocycles. The minimum Gasteiger partial charge on any atom is -0.426 e. The Kier molecular flexibility index (Phi) is 5.79. The maximum atomic E-state index is 12.9. The minimum atomic E-state index is -0.569. The van der Waals surface area contributed by atoms with Crippen molar-refractivity contribution in [2.45, 2.75) is 40.0 Å². The van der Waals surface area contributed by atoms with E-state index >= 15 is 0 Å². The van der Waals surface area contributed by atoms with Crippen LogP contribution < -0.4 is 14.5 Å². The molecule has 3 aliphatic rings. The summed E-state index contributed by atoms with van der Waals surface area (Å²) in [6, 6.07) is 10.8. The molecule has 2 aromatic rings. The third-order valence-corrected chi connectivity index (χ3v) is 7.11. The Morgan fingerprint density at radius 3 is 2.11 bits per heavy atom. The van der Waals surface area contributed by atoms with Crippen LogP contribution in [0.25, 0.3) is 0 Å². The first-order chi connectivity index (χ1) is 16.7. The van der Waals surface area contributed by atoms with E-state index in [2.05, 4.69) is 0 Å². The van der Waals surface area contributed by atoms with E-state index in [0.717, 1.165) is 16.8 Å². The van der Waals surface area contributed by atoms with Crippen LogP contribution in [-0.2, 0) is 19.2 Å². The number of fused-ring (bicyclic) bond motifs is 1. The summed E-state index contributed by atoms with van der Waals surface area (Å²) in [6.45, 7) is 6.01. The fraction of sp³-hybridized carbons (Fsp3) is 0.357.